The molecule has 0 aliphatic heterocycles. The molecule has 1 amide bonds. The molecule has 0 spiro atoms. The van der Waals surface area contributed by atoms with Gasteiger partial charge < -0.3 is 10.0 Å². The first-order valence-corrected chi connectivity index (χ1v) is 6.98. The Hall–Kier alpha value is -1.85. The van der Waals surface area contributed by atoms with Crippen molar-refractivity contribution in [1.29, 1.82) is 0 Å². The molecule has 0 bridgehead atoms. The molecule has 0 unspecified atom stereocenters. The second kappa shape index (κ2) is 7.07. The van der Waals surface area contributed by atoms with E-state index in [1.165, 1.54) is 4.90 Å². The number of aromatic nitrogens is 2. The van der Waals surface area contributed by atoms with E-state index in [0.717, 1.165) is 12.8 Å². The van der Waals surface area contributed by atoms with Crippen molar-refractivity contribution in [2.45, 2.75) is 52.6 Å². The van der Waals surface area contributed by atoms with Crippen LogP contribution in [-0.4, -0.2) is 44.3 Å². The number of amides is 1. The Balaban J connectivity index is 2.92. The Morgan fingerprint density at radius 3 is 2.40 bits per heavy atom. The molecule has 1 aromatic rings. The van der Waals surface area contributed by atoms with Crippen molar-refractivity contribution in [2.24, 2.45) is 0 Å². The minimum absolute atomic E-state index is 0.183. The molecule has 0 radical (unpaired) electrons. The van der Waals surface area contributed by atoms with E-state index in [1.54, 1.807) is 30.8 Å². The van der Waals surface area contributed by atoms with Crippen LogP contribution < -0.4 is 0 Å². The summed E-state index contributed by atoms with van der Waals surface area (Å²) in [5, 5.41) is 13.2. The van der Waals surface area contributed by atoms with Gasteiger partial charge in [0, 0.05) is 12.2 Å². The second-order valence-electron chi connectivity index (χ2n) is 5.07. The minimum atomic E-state index is -1.02. The van der Waals surface area contributed by atoms with Crippen LogP contribution in [0.15, 0.2) is 12.3 Å². The zero-order valence-corrected chi connectivity index (χ0v) is 12.5. The summed E-state index contributed by atoms with van der Waals surface area (Å²) >= 11 is 0. The first-order valence-electron chi connectivity index (χ1n) is 6.98. The first-order chi connectivity index (χ1) is 9.40. The fourth-order valence-electron chi connectivity index (χ4n) is 2.10. The highest BCUT2D eigenvalue weighted by molar-refractivity contribution is 5.94. The maximum absolute atomic E-state index is 12.3. The standard InChI is InChI=1S/C14H23N3O3/c1-5-11(6-2)17-8-7-12(15-17)14(20)16(10(3)4)9-13(18)19/h7-8,10-11H,5-6,9H2,1-4H3,(H,18,19). The highest BCUT2D eigenvalue weighted by Gasteiger charge is 2.23. The van der Waals surface area contributed by atoms with Crippen molar-refractivity contribution in [3.8, 4) is 0 Å². The van der Waals surface area contributed by atoms with Crippen molar-refractivity contribution in [2.75, 3.05) is 6.54 Å². The molecule has 0 fully saturated rings. The van der Waals surface area contributed by atoms with Gasteiger partial charge in [0.2, 0.25) is 0 Å². The summed E-state index contributed by atoms with van der Waals surface area (Å²) in [6, 6.07) is 1.73. The molecular weight excluding hydrogens is 258 g/mol. The van der Waals surface area contributed by atoms with Crippen LogP contribution in [0.1, 0.15) is 57.1 Å². The van der Waals surface area contributed by atoms with Crippen molar-refractivity contribution in [3.63, 3.8) is 0 Å². The first kappa shape index (κ1) is 16.2. The van der Waals surface area contributed by atoms with E-state index in [9.17, 15) is 9.59 Å². The van der Waals surface area contributed by atoms with Gasteiger partial charge in [-0.15, -0.1) is 0 Å². The van der Waals surface area contributed by atoms with Crippen molar-refractivity contribution in [1.82, 2.24) is 14.7 Å². The van der Waals surface area contributed by atoms with E-state index < -0.39 is 5.97 Å². The van der Waals surface area contributed by atoms with Gasteiger partial charge in [-0.25, -0.2) is 0 Å². The van der Waals surface area contributed by atoms with Gasteiger partial charge in [-0.1, -0.05) is 13.8 Å². The zero-order valence-electron chi connectivity index (χ0n) is 12.5. The van der Waals surface area contributed by atoms with Gasteiger partial charge in [0.05, 0.1) is 6.04 Å². The minimum Gasteiger partial charge on any atom is -0.480 e. The lowest BCUT2D eigenvalue weighted by atomic mass is 10.2. The van der Waals surface area contributed by atoms with Crippen molar-refractivity contribution < 1.29 is 14.7 Å². The van der Waals surface area contributed by atoms with Crippen LogP contribution in [-0.2, 0) is 4.79 Å². The summed E-state index contributed by atoms with van der Waals surface area (Å²) < 4.78 is 1.78. The summed E-state index contributed by atoms with van der Waals surface area (Å²) in [7, 11) is 0. The Morgan fingerprint density at radius 2 is 1.95 bits per heavy atom. The van der Waals surface area contributed by atoms with Crippen LogP contribution in [0.4, 0.5) is 0 Å². The molecular formula is C14H23N3O3. The second-order valence-corrected chi connectivity index (χ2v) is 5.07. The summed E-state index contributed by atoms with van der Waals surface area (Å²) in [6.45, 7) is 7.41. The third-order valence-electron chi connectivity index (χ3n) is 3.33. The van der Waals surface area contributed by atoms with Gasteiger partial charge in [-0.05, 0) is 32.8 Å². The third-order valence-corrected chi connectivity index (χ3v) is 3.33. The van der Waals surface area contributed by atoms with E-state index in [1.807, 2.05) is 0 Å². The molecule has 0 saturated heterocycles. The van der Waals surface area contributed by atoms with Crippen LogP contribution in [0.5, 0.6) is 0 Å². The van der Waals surface area contributed by atoms with Gasteiger partial charge in [0.15, 0.2) is 0 Å². The average molecular weight is 281 g/mol. The number of carbonyl (C=O) groups is 2. The summed E-state index contributed by atoms with van der Waals surface area (Å²) in [5.74, 6) is -1.36. The fourth-order valence-corrected chi connectivity index (χ4v) is 2.10. The molecule has 0 aliphatic carbocycles. The van der Waals surface area contributed by atoms with Gasteiger partial charge >= 0.3 is 5.97 Å². The lowest BCUT2D eigenvalue weighted by molar-refractivity contribution is -0.138. The van der Waals surface area contributed by atoms with E-state index >= 15 is 0 Å². The van der Waals surface area contributed by atoms with E-state index in [4.69, 9.17) is 5.11 Å². The normalized spacial score (nSPS) is 11.1. The maximum Gasteiger partial charge on any atom is 0.323 e. The molecule has 112 valence electrons. The molecule has 1 rings (SSSR count). The van der Waals surface area contributed by atoms with Crippen LogP contribution >= 0.6 is 0 Å². The molecule has 0 aliphatic rings. The van der Waals surface area contributed by atoms with Crippen LogP contribution in [0.3, 0.4) is 0 Å². The number of rotatable bonds is 7. The van der Waals surface area contributed by atoms with Crippen molar-refractivity contribution in [3.05, 3.63) is 18.0 Å². The molecule has 0 saturated carbocycles. The Morgan fingerprint density at radius 1 is 1.35 bits per heavy atom. The molecule has 20 heavy (non-hydrogen) atoms. The van der Waals surface area contributed by atoms with Crippen LogP contribution in [0.2, 0.25) is 0 Å². The molecule has 1 heterocycles. The van der Waals surface area contributed by atoms with Gasteiger partial charge in [-0.3, -0.25) is 14.3 Å². The summed E-state index contributed by atoms with van der Waals surface area (Å²) in [4.78, 5) is 24.5. The van der Waals surface area contributed by atoms with Gasteiger partial charge in [0.25, 0.3) is 5.91 Å². The Kier molecular flexibility index (Phi) is 5.73. The highest BCUT2D eigenvalue weighted by Crippen LogP contribution is 2.15. The maximum atomic E-state index is 12.3. The number of carbonyl (C=O) groups excluding carboxylic acids is 1. The Bertz CT molecular complexity index is 464. The van der Waals surface area contributed by atoms with Gasteiger partial charge in [0.1, 0.15) is 12.2 Å². The predicted octanol–water partition coefficient (Wildman–Crippen LogP) is 2.18. The highest BCUT2D eigenvalue weighted by atomic mass is 16.4. The summed E-state index contributed by atoms with van der Waals surface area (Å²) in [5.41, 5.74) is 0.298. The average Bonchev–Trinajstić information content (AvgIpc) is 2.86. The largest absolute Gasteiger partial charge is 0.480 e. The number of carboxylic acid groups (broad SMARTS) is 1. The molecule has 0 aromatic carbocycles. The quantitative estimate of drug-likeness (QED) is 0.831. The van der Waals surface area contributed by atoms with Crippen LogP contribution in [0.25, 0.3) is 0 Å². The fraction of sp³-hybridized carbons (Fsp3) is 0.643. The number of nitrogens with zero attached hydrogens (tertiary/aromatic N) is 3. The molecule has 1 aromatic heterocycles. The third kappa shape index (κ3) is 3.82. The molecule has 6 heteroatoms. The van der Waals surface area contributed by atoms with Crippen molar-refractivity contribution >= 4 is 11.9 Å². The topological polar surface area (TPSA) is 75.4 Å². The predicted molar refractivity (Wildman–Crippen MR) is 75.7 cm³/mol. The van der Waals surface area contributed by atoms with E-state index in [0.29, 0.717) is 5.69 Å². The SMILES string of the molecule is CCC(CC)n1ccc(C(=O)N(CC(=O)O)C(C)C)n1. The van der Waals surface area contributed by atoms with E-state index in [-0.39, 0.29) is 24.5 Å². The number of aliphatic carboxylic acids is 1. The van der Waals surface area contributed by atoms with Crippen LogP contribution in [0, 0.1) is 0 Å². The number of hydrogen-bond donors (Lipinski definition) is 1. The lowest BCUT2D eigenvalue weighted by Crippen LogP contribution is -2.40. The van der Waals surface area contributed by atoms with E-state index in [2.05, 4.69) is 18.9 Å². The monoisotopic (exact) mass is 281 g/mol. The smallest absolute Gasteiger partial charge is 0.323 e. The van der Waals surface area contributed by atoms with Gasteiger partial charge in [-0.2, -0.15) is 5.10 Å². The Labute approximate surface area is 119 Å². The molecule has 0 atom stereocenters. The molecule has 6 nitrogen and oxygen atoms in total. The number of carboxylic acids is 1. The number of hydrogen-bond acceptors (Lipinski definition) is 3. The molecule has 1 N–H and O–H groups in total. The summed E-state index contributed by atoms with van der Waals surface area (Å²) in [6.07, 6.45) is 3.66. The zero-order chi connectivity index (χ0) is 15.3. The lowest BCUT2D eigenvalue weighted by Gasteiger charge is -2.23.